The molecular formula is C21H32ClN7. The van der Waals surface area contributed by atoms with Gasteiger partial charge in [-0.2, -0.15) is 0 Å². The van der Waals surface area contributed by atoms with Gasteiger partial charge in [-0.05, 0) is 24.2 Å². The molecule has 0 radical (unpaired) electrons. The number of piperazine rings is 1. The van der Waals surface area contributed by atoms with Gasteiger partial charge < -0.3 is 24.6 Å². The highest BCUT2D eigenvalue weighted by Crippen LogP contribution is 2.15. The summed E-state index contributed by atoms with van der Waals surface area (Å²) in [6.07, 6.45) is 3.87. The average Bonchev–Trinajstić information content (AvgIpc) is 3.05. The fraction of sp³-hybridized carbons (Fsp3) is 0.524. The monoisotopic (exact) mass is 417 g/mol. The van der Waals surface area contributed by atoms with Crippen LogP contribution in [0.25, 0.3) is 0 Å². The van der Waals surface area contributed by atoms with Crippen molar-refractivity contribution < 1.29 is 0 Å². The van der Waals surface area contributed by atoms with Gasteiger partial charge in [0.15, 0.2) is 5.96 Å². The molecule has 0 spiro atoms. The summed E-state index contributed by atoms with van der Waals surface area (Å²) in [5, 5.41) is 4.17. The maximum absolute atomic E-state index is 6.09. The molecule has 0 unspecified atom stereocenters. The van der Waals surface area contributed by atoms with E-state index in [1.165, 1.54) is 0 Å². The molecule has 2 aromatic rings. The first-order chi connectivity index (χ1) is 14.0. The number of pyridine rings is 1. The molecule has 158 valence electrons. The Hall–Kier alpha value is -2.25. The number of aliphatic imine (C=N–C) groups is 1. The molecule has 0 amide bonds. The van der Waals surface area contributed by atoms with Crippen molar-refractivity contribution >= 4 is 23.4 Å². The van der Waals surface area contributed by atoms with Crippen molar-refractivity contribution in [3.05, 3.63) is 46.9 Å². The van der Waals surface area contributed by atoms with Crippen LogP contribution in [0.2, 0.25) is 5.02 Å². The Morgan fingerprint density at radius 1 is 1.28 bits per heavy atom. The summed E-state index contributed by atoms with van der Waals surface area (Å²) in [6, 6.07) is 6.25. The van der Waals surface area contributed by atoms with Crippen molar-refractivity contribution in [1.82, 2.24) is 24.7 Å². The van der Waals surface area contributed by atoms with Crippen molar-refractivity contribution in [2.75, 3.05) is 51.7 Å². The molecule has 8 heteroatoms. The Balaban J connectivity index is 1.52. The van der Waals surface area contributed by atoms with Gasteiger partial charge in [-0.25, -0.2) is 4.98 Å². The van der Waals surface area contributed by atoms with Crippen LogP contribution in [-0.4, -0.2) is 72.1 Å². The number of aryl methyl sites for hydroxylation is 1. The second-order valence-corrected chi connectivity index (χ2v) is 7.90. The van der Waals surface area contributed by atoms with E-state index >= 15 is 0 Å². The molecule has 7 nitrogen and oxygen atoms in total. The van der Waals surface area contributed by atoms with Gasteiger partial charge in [0, 0.05) is 72.0 Å². The van der Waals surface area contributed by atoms with E-state index in [0.29, 0.717) is 6.54 Å². The van der Waals surface area contributed by atoms with E-state index in [-0.39, 0.29) is 0 Å². The minimum Gasteiger partial charge on any atom is -0.354 e. The highest BCUT2D eigenvalue weighted by atomic mass is 35.5. The fourth-order valence-corrected chi connectivity index (χ4v) is 3.88. The highest BCUT2D eigenvalue weighted by Gasteiger charge is 2.16. The summed E-state index contributed by atoms with van der Waals surface area (Å²) in [5.74, 6) is 1.90. The van der Waals surface area contributed by atoms with Crippen LogP contribution in [0, 0.1) is 0 Å². The molecule has 29 heavy (non-hydrogen) atoms. The first-order valence-corrected chi connectivity index (χ1v) is 10.5. The maximum Gasteiger partial charge on any atom is 0.194 e. The highest BCUT2D eigenvalue weighted by molar-refractivity contribution is 6.30. The molecule has 1 aliphatic rings. The summed E-state index contributed by atoms with van der Waals surface area (Å²) in [4.78, 5) is 16.0. The van der Waals surface area contributed by atoms with E-state index in [1.54, 1.807) is 7.05 Å². The standard InChI is InChI=1S/C21H32ClN7/c1-5-28-8-10-29(11-9-28)20-7-6-17(13-24-20)14-25-21(23-2)27(4)16-19-12-18(22)15-26(19)3/h6-7,12-13,15H,5,8-11,14,16H2,1-4H3,(H,23,25). The van der Waals surface area contributed by atoms with Gasteiger partial charge >= 0.3 is 0 Å². The van der Waals surface area contributed by atoms with Crippen LogP contribution < -0.4 is 10.2 Å². The molecule has 1 fully saturated rings. The summed E-state index contributed by atoms with van der Waals surface area (Å²) in [7, 11) is 5.82. The smallest absolute Gasteiger partial charge is 0.194 e. The van der Waals surface area contributed by atoms with Crippen LogP contribution in [0.4, 0.5) is 5.82 Å². The molecule has 1 N–H and O–H groups in total. The molecule has 3 heterocycles. The van der Waals surface area contributed by atoms with Crippen LogP contribution in [0.15, 0.2) is 35.6 Å². The van der Waals surface area contributed by atoms with E-state index in [1.807, 2.05) is 37.1 Å². The number of nitrogens with zero attached hydrogens (tertiary/aromatic N) is 6. The van der Waals surface area contributed by atoms with Crippen LogP contribution in [-0.2, 0) is 20.1 Å². The number of nitrogens with one attached hydrogen (secondary N) is 1. The lowest BCUT2D eigenvalue weighted by molar-refractivity contribution is 0.270. The number of hydrogen-bond acceptors (Lipinski definition) is 4. The number of hydrogen-bond donors (Lipinski definition) is 1. The van der Waals surface area contributed by atoms with Gasteiger partial charge in [0.2, 0.25) is 0 Å². The largest absolute Gasteiger partial charge is 0.354 e. The Labute approximate surface area is 179 Å². The van der Waals surface area contributed by atoms with Gasteiger partial charge in [0.25, 0.3) is 0 Å². The molecule has 0 saturated carbocycles. The summed E-state index contributed by atoms with van der Waals surface area (Å²) in [5.41, 5.74) is 2.27. The number of anilines is 1. The van der Waals surface area contributed by atoms with Gasteiger partial charge in [0.05, 0.1) is 11.6 Å². The maximum atomic E-state index is 6.09. The molecule has 0 aromatic carbocycles. The molecule has 0 aliphatic carbocycles. The van der Waals surface area contributed by atoms with E-state index in [4.69, 9.17) is 11.6 Å². The lowest BCUT2D eigenvalue weighted by atomic mass is 10.2. The van der Waals surface area contributed by atoms with Crippen molar-refractivity contribution in [2.45, 2.75) is 20.0 Å². The average molecular weight is 418 g/mol. The Morgan fingerprint density at radius 3 is 2.59 bits per heavy atom. The number of rotatable bonds is 6. The van der Waals surface area contributed by atoms with Gasteiger partial charge in [0.1, 0.15) is 5.82 Å². The van der Waals surface area contributed by atoms with Gasteiger partial charge in [-0.15, -0.1) is 0 Å². The molecule has 0 atom stereocenters. The minimum absolute atomic E-state index is 0.682. The Morgan fingerprint density at radius 2 is 2.03 bits per heavy atom. The van der Waals surface area contributed by atoms with Crippen molar-refractivity contribution in [1.29, 1.82) is 0 Å². The SMILES string of the molecule is CCN1CCN(c2ccc(CNC(=NC)N(C)Cc3cc(Cl)cn3C)cn2)CC1. The van der Waals surface area contributed by atoms with Crippen molar-refractivity contribution in [3.63, 3.8) is 0 Å². The summed E-state index contributed by atoms with van der Waals surface area (Å²) in [6.45, 7) is 9.05. The number of aromatic nitrogens is 2. The third-order valence-corrected chi connectivity index (χ3v) is 5.66. The van der Waals surface area contributed by atoms with Crippen molar-refractivity contribution in [2.24, 2.45) is 12.0 Å². The lowest BCUT2D eigenvalue weighted by Crippen LogP contribution is -2.46. The molecule has 0 bridgehead atoms. The third kappa shape index (κ3) is 5.64. The van der Waals surface area contributed by atoms with E-state index in [0.717, 1.165) is 67.3 Å². The predicted molar refractivity (Wildman–Crippen MR) is 121 cm³/mol. The lowest BCUT2D eigenvalue weighted by Gasteiger charge is -2.34. The number of halogens is 1. The minimum atomic E-state index is 0.682. The topological polar surface area (TPSA) is 51.9 Å². The quantitative estimate of drug-likeness (QED) is 0.577. The zero-order valence-electron chi connectivity index (χ0n) is 17.9. The number of likely N-dealkylation sites (N-methyl/N-ethyl adjacent to an activating group) is 1. The molecular weight excluding hydrogens is 386 g/mol. The van der Waals surface area contributed by atoms with Crippen LogP contribution in [0.5, 0.6) is 0 Å². The molecule has 3 rings (SSSR count). The Kier molecular flexibility index (Phi) is 7.39. The van der Waals surface area contributed by atoms with Gasteiger partial charge in [-0.1, -0.05) is 24.6 Å². The van der Waals surface area contributed by atoms with E-state index in [2.05, 4.69) is 49.0 Å². The van der Waals surface area contributed by atoms with Crippen molar-refractivity contribution in [3.8, 4) is 0 Å². The first kappa shape index (κ1) is 21.5. The van der Waals surface area contributed by atoms with E-state index in [9.17, 15) is 0 Å². The second-order valence-electron chi connectivity index (χ2n) is 7.46. The third-order valence-electron chi connectivity index (χ3n) is 5.45. The predicted octanol–water partition coefficient (Wildman–Crippen LogP) is 2.42. The fourth-order valence-electron chi connectivity index (χ4n) is 3.61. The van der Waals surface area contributed by atoms with Crippen LogP contribution in [0.1, 0.15) is 18.2 Å². The zero-order chi connectivity index (χ0) is 20.8. The molecule has 1 saturated heterocycles. The normalized spacial score (nSPS) is 15.6. The van der Waals surface area contributed by atoms with Crippen LogP contribution in [0.3, 0.4) is 0 Å². The molecule has 2 aromatic heterocycles. The van der Waals surface area contributed by atoms with Crippen LogP contribution >= 0.6 is 11.6 Å². The second kappa shape index (κ2) is 9.98. The Bertz CT molecular complexity index is 807. The zero-order valence-corrected chi connectivity index (χ0v) is 18.7. The van der Waals surface area contributed by atoms with Gasteiger partial charge in [-0.3, -0.25) is 4.99 Å². The summed E-state index contributed by atoms with van der Waals surface area (Å²) < 4.78 is 2.04. The number of guanidine groups is 1. The van der Waals surface area contributed by atoms with E-state index < -0.39 is 0 Å². The summed E-state index contributed by atoms with van der Waals surface area (Å²) >= 11 is 6.09. The molecule has 1 aliphatic heterocycles. The first-order valence-electron chi connectivity index (χ1n) is 10.1.